The minimum Gasteiger partial charge on any atom is -0.351 e. The summed E-state index contributed by atoms with van der Waals surface area (Å²) in [6.07, 6.45) is 0.753. The van der Waals surface area contributed by atoms with Crippen molar-refractivity contribution in [3.8, 4) is 0 Å². The third-order valence-corrected chi connectivity index (χ3v) is 7.69. The largest absolute Gasteiger partial charge is 0.351 e. The Kier molecular flexibility index (Phi) is 6.53. The third kappa shape index (κ3) is 4.66. The number of nitrogens with one attached hydrogen (secondary N) is 1. The van der Waals surface area contributed by atoms with Crippen molar-refractivity contribution in [2.24, 2.45) is 0 Å². The molecule has 3 aromatic carbocycles. The monoisotopic (exact) mass is 446 g/mol. The predicted molar refractivity (Wildman–Crippen MR) is 126 cm³/mol. The van der Waals surface area contributed by atoms with E-state index in [0.29, 0.717) is 18.5 Å². The molecular formula is C26H26N2O3S. The van der Waals surface area contributed by atoms with Gasteiger partial charge in [-0.05, 0) is 41.2 Å². The number of fused-ring (bicyclic) bond motifs is 1. The molecule has 0 saturated carbocycles. The van der Waals surface area contributed by atoms with Gasteiger partial charge in [0, 0.05) is 13.1 Å². The predicted octanol–water partition coefficient (Wildman–Crippen LogP) is 4.02. The van der Waals surface area contributed by atoms with E-state index in [4.69, 9.17) is 0 Å². The molecule has 1 N–H and O–H groups in total. The van der Waals surface area contributed by atoms with Crippen molar-refractivity contribution >= 4 is 21.5 Å². The number of nitrogens with zero attached hydrogens (tertiary/aromatic N) is 1. The molecule has 32 heavy (non-hydrogen) atoms. The van der Waals surface area contributed by atoms with E-state index in [-0.39, 0.29) is 23.8 Å². The Labute approximate surface area is 189 Å². The third-order valence-electron chi connectivity index (χ3n) is 5.72. The first-order valence-corrected chi connectivity index (χ1v) is 12.1. The first-order valence-electron chi connectivity index (χ1n) is 10.6. The minimum absolute atomic E-state index is 0.200. The van der Waals surface area contributed by atoms with Gasteiger partial charge in [-0.3, -0.25) is 4.79 Å². The van der Waals surface area contributed by atoms with E-state index in [9.17, 15) is 13.2 Å². The highest BCUT2D eigenvalue weighted by Gasteiger charge is 2.38. The molecule has 3 aromatic rings. The first-order chi connectivity index (χ1) is 15.5. The average molecular weight is 447 g/mol. The van der Waals surface area contributed by atoms with Gasteiger partial charge in [-0.25, -0.2) is 8.42 Å². The molecule has 0 unspecified atom stereocenters. The van der Waals surface area contributed by atoms with Crippen molar-refractivity contribution in [3.63, 3.8) is 0 Å². The van der Waals surface area contributed by atoms with E-state index in [1.165, 1.54) is 4.31 Å². The lowest BCUT2D eigenvalue weighted by Crippen LogP contribution is -2.50. The maximum atomic E-state index is 13.7. The van der Waals surface area contributed by atoms with Gasteiger partial charge >= 0.3 is 0 Å². The van der Waals surface area contributed by atoms with E-state index < -0.39 is 16.1 Å². The van der Waals surface area contributed by atoms with Crippen LogP contribution >= 0.6 is 0 Å². The first kappa shape index (κ1) is 22.0. The lowest BCUT2D eigenvalue weighted by molar-refractivity contribution is -0.125. The molecule has 1 aliphatic heterocycles. The van der Waals surface area contributed by atoms with Crippen LogP contribution in [0.3, 0.4) is 0 Å². The van der Waals surface area contributed by atoms with Crippen molar-refractivity contribution in [3.05, 3.63) is 108 Å². The van der Waals surface area contributed by atoms with Gasteiger partial charge in [0.05, 0.1) is 4.90 Å². The Morgan fingerprint density at radius 2 is 1.50 bits per heavy atom. The fourth-order valence-electron chi connectivity index (χ4n) is 4.00. The normalized spacial score (nSPS) is 16.6. The van der Waals surface area contributed by atoms with Gasteiger partial charge in [0.1, 0.15) is 6.04 Å². The van der Waals surface area contributed by atoms with Gasteiger partial charge in [0.15, 0.2) is 0 Å². The molecule has 0 aliphatic carbocycles. The Morgan fingerprint density at radius 3 is 2.19 bits per heavy atom. The molecule has 1 heterocycles. The molecule has 6 heteroatoms. The molecule has 1 amide bonds. The molecule has 5 nitrogen and oxygen atoms in total. The number of hydrogen-bond donors (Lipinski definition) is 1. The summed E-state index contributed by atoms with van der Waals surface area (Å²) >= 11 is 0. The molecule has 1 atom stereocenters. The summed E-state index contributed by atoms with van der Waals surface area (Å²) in [5.41, 5.74) is 3.24. The average Bonchev–Trinajstić information content (AvgIpc) is 2.92. The molecule has 4 rings (SSSR count). The zero-order chi connectivity index (χ0) is 22.6. The number of rotatable bonds is 6. The second-order valence-corrected chi connectivity index (χ2v) is 9.73. The highest BCUT2D eigenvalue weighted by atomic mass is 32.2. The Bertz CT molecular complexity index is 1210. The maximum absolute atomic E-state index is 13.7. The topological polar surface area (TPSA) is 66.5 Å². The lowest BCUT2D eigenvalue weighted by atomic mass is 10.0. The van der Waals surface area contributed by atoms with Crippen LogP contribution in [0.1, 0.15) is 23.1 Å². The number of carbonyl (C=O) groups excluding carboxylic acids is 1. The Balaban J connectivity index is 1.68. The molecule has 164 valence electrons. The number of sulfonamides is 1. The molecule has 0 radical (unpaired) electrons. The molecule has 0 bridgehead atoms. The molecule has 0 aromatic heterocycles. The highest BCUT2D eigenvalue weighted by molar-refractivity contribution is 7.89. The van der Waals surface area contributed by atoms with Crippen LogP contribution in [0.15, 0.2) is 96.4 Å². The minimum atomic E-state index is -3.89. The second-order valence-electron chi connectivity index (χ2n) is 7.87. The standard InChI is InChI=1S/C26H26N2O3S/c1-20-16-17-28(32(30,31)25-15-9-8-14-23(20)25)24(18-21-10-4-2-5-11-21)26(29)27-19-22-12-6-3-7-13-22/h2-15,24H,1,16-19H2,(H,27,29)/t24-/m0/s1. The van der Waals surface area contributed by atoms with E-state index in [1.807, 2.05) is 66.7 Å². The van der Waals surface area contributed by atoms with E-state index in [0.717, 1.165) is 16.7 Å². The number of amides is 1. The van der Waals surface area contributed by atoms with Crippen LogP contribution in [0.25, 0.3) is 5.57 Å². The van der Waals surface area contributed by atoms with Crippen molar-refractivity contribution in [2.45, 2.75) is 30.3 Å². The van der Waals surface area contributed by atoms with Crippen LogP contribution in [0.5, 0.6) is 0 Å². The fraction of sp³-hybridized carbons (Fsp3) is 0.192. The fourth-order valence-corrected chi connectivity index (χ4v) is 5.83. The lowest BCUT2D eigenvalue weighted by Gasteiger charge is -2.29. The van der Waals surface area contributed by atoms with Gasteiger partial charge in [-0.1, -0.05) is 85.4 Å². The van der Waals surface area contributed by atoms with Gasteiger partial charge in [0.2, 0.25) is 15.9 Å². The summed E-state index contributed by atoms with van der Waals surface area (Å²) in [6.45, 7) is 4.62. The van der Waals surface area contributed by atoms with Crippen molar-refractivity contribution in [1.29, 1.82) is 0 Å². The number of benzene rings is 3. The summed E-state index contributed by atoms with van der Waals surface area (Å²) in [5, 5.41) is 2.94. The van der Waals surface area contributed by atoms with Gasteiger partial charge in [0.25, 0.3) is 0 Å². The molecule has 0 saturated heterocycles. The molecule has 1 aliphatic rings. The van der Waals surface area contributed by atoms with Crippen LogP contribution in [-0.4, -0.2) is 31.2 Å². The van der Waals surface area contributed by atoms with Crippen LogP contribution in [-0.2, 0) is 27.8 Å². The quantitative estimate of drug-likeness (QED) is 0.622. The smallest absolute Gasteiger partial charge is 0.244 e. The molecule has 0 fully saturated rings. The summed E-state index contributed by atoms with van der Waals surface area (Å²) in [4.78, 5) is 13.6. The molecular weight excluding hydrogens is 420 g/mol. The zero-order valence-corrected chi connectivity index (χ0v) is 18.6. The van der Waals surface area contributed by atoms with Crippen LogP contribution in [0.2, 0.25) is 0 Å². The van der Waals surface area contributed by atoms with Crippen LogP contribution in [0.4, 0.5) is 0 Å². The van der Waals surface area contributed by atoms with Crippen molar-refractivity contribution < 1.29 is 13.2 Å². The zero-order valence-electron chi connectivity index (χ0n) is 17.8. The van der Waals surface area contributed by atoms with Gasteiger partial charge < -0.3 is 5.32 Å². The summed E-state index contributed by atoms with van der Waals surface area (Å²) in [7, 11) is -3.89. The maximum Gasteiger partial charge on any atom is 0.244 e. The number of hydrogen-bond acceptors (Lipinski definition) is 3. The van der Waals surface area contributed by atoms with Crippen LogP contribution in [0, 0.1) is 0 Å². The SMILES string of the molecule is C=C1CCN([C@@H](Cc2ccccc2)C(=O)NCc2ccccc2)S(=O)(=O)c2ccccc21. The summed E-state index contributed by atoms with van der Waals surface area (Å²) in [6, 6.07) is 25.1. The van der Waals surface area contributed by atoms with E-state index in [1.54, 1.807) is 18.2 Å². The highest BCUT2D eigenvalue weighted by Crippen LogP contribution is 2.33. The molecule has 0 spiro atoms. The summed E-state index contributed by atoms with van der Waals surface area (Å²) < 4.78 is 28.7. The van der Waals surface area contributed by atoms with E-state index >= 15 is 0 Å². The van der Waals surface area contributed by atoms with Gasteiger partial charge in [-0.2, -0.15) is 4.31 Å². The summed E-state index contributed by atoms with van der Waals surface area (Å²) in [5.74, 6) is -0.314. The van der Waals surface area contributed by atoms with Crippen LogP contribution < -0.4 is 5.32 Å². The number of carbonyl (C=O) groups is 1. The Morgan fingerprint density at radius 1 is 0.906 bits per heavy atom. The van der Waals surface area contributed by atoms with E-state index in [2.05, 4.69) is 11.9 Å². The Hall–Kier alpha value is -3.22. The van der Waals surface area contributed by atoms with Crippen molar-refractivity contribution in [2.75, 3.05) is 6.54 Å². The second kappa shape index (κ2) is 9.51. The van der Waals surface area contributed by atoms with Crippen molar-refractivity contribution in [1.82, 2.24) is 9.62 Å². The van der Waals surface area contributed by atoms with Gasteiger partial charge in [-0.15, -0.1) is 0 Å².